The second-order valence-corrected chi connectivity index (χ2v) is 20.0. The van der Waals surface area contributed by atoms with E-state index in [-0.39, 0.29) is 31.2 Å². The molecular formula is C59H50BN12O5P. The van der Waals surface area contributed by atoms with Crippen LogP contribution in [-0.2, 0) is 19.3 Å². The van der Waals surface area contributed by atoms with Crippen LogP contribution in [0, 0.1) is 10.1 Å². The number of fused-ring (bicyclic) bond motifs is 6. The number of hydrogen-bond acceptors (Lipinski definition) is 12. The molecule has 17 nitrogen and oxygen atoms in total. The number of aliphatic hydroxyl groups excluding tert-OH is 3. The number of benzene rings is 7. The average molecular weight is 1050 g/mol. The molecule has 0 aliphatic heterocycles. The third-order valence-electron chi connectivity index (χ3n) is 13.6. The Morgan fingerprint density at radius 2 is 1.13 bits per heavy atom. The highest BCUT2D eigenvalue weighted by Gasteiger charge is 2.21. The number of nitrogens with one attached hydrogen (secondary N) is 3. The predicted octanol–water partition coefficient (Wildman–Crippen LogP) is 10.9. The number of nitrogens with two attached hydrogens (primary N) is 1. The molecular weight excluding hydrogens is 999 g/mol. The number of nitro benzene ring substituents is 1. The van der Waals surface area contributed by atoms with Gasteiger partial charge >= 0.3 is 0 Å². The van der Waals surface area contributed by atoms with Gasteiger partial charge in [-0.15, -0.1) is 0 Å². The fraction of sp³-hybridized carbons (Fsp3) is 0.119. The number of aromatic nitrogens is 10. The highest BCUT2D eigenvalue weighted by atomic mass is 31.1. The molecule has 0 bridgehead atoms. The van der Waals surface area contributed by atoms with E-state index in [1.54, 1.807) is 12.1 Å². The molecule has 0 fully saturated rings. The zero-order valence-electron chi connectivity index (χ0n) is 42.2. The van der Waals surface area contributed by atoms with Crippen LogP contribution >= 0.6 is 7.95 Å². The SMILES string of the molecule is Nc1c(CCO)cccc1[N+](=O)[O-].OCCc1cccc2[nH]c(-c3n[nH]c4ccc(-c5cncc6ccccc56)cc34)nc12.[B]P(C)n1nc(-c2nc3c(CCO)cccc3[nH]2)c2cc(-c3cncc4ccccc34)ccc21. The second-order valence-electron chi connectivity index (χ2n) is 18.5. The van der Waals surface area contributed by atoms with Gasteiger partial charge in [-0.25, -0.2) is 9.97 Å². The van der Waals surface area contributed by atoms with Crippen LogP contribution in [0.4, 0.5) is 11.4 Å². The van der Waals surface area contributed by atoms with Crippen molar-refractivity contribution in [2.75, 3.05) is 32.2 Å². The van der Waals surface area contributed by atoms with Gasteiger partial charge in [0.2, 0.25) is 0 Å². The maximum absolute atomic E-state index is 10.4. The van der Waals surface area contributed by atoms with E-state index >= 15 is 0 Å². The molecule has 384 valence electrons. The predicted molar refractivity (Wildman–Crippen MR) is 311 cm³/mol. The van der Waals surface area contributed by atoms with Crippen LogP contribution in [-0.4, -0.2) is 104 Å². The molecule has 19 heteroatoms. The summed E-state index contributed by atoms with van der Waals surface area (Å²) in [5.41, 5.74) is 19.5. The van der Waals surface area contributed by atoms with E-state index in [0.29, 0.717) is 36.5 Å². The molecule has 6 heterocycles. The minimum absolute atomic E-state index is 0.0641. The summed E-state index contributed by atoms with van der Waals surface area (Å²) in [6, 6.07) is 45.6. The van der Waals surface area contributed by atoms with Crippen LogP contribution in [0.2, 0.25) is 0 Å². The molecule has 0 aliphatic rings. The number of H-pyrrole nitrogens is 3. The van der Waals surface area contributed by atoms with Gasteiger partial charge in [-0.2, -0.15) is 10.2 Å². The fourth-order valence-corrected chi connectivity index (χ4v) is 10.6. The van der Waals surface area contributed by atoms with Crippen molar-refractivity contribution in [2.45, 2.75) is 19.3 Å². The first-order valence-corrected chi connectivity index (χ1v) is 26.9. The minimum Gasteiger partial charge on any atom is -0.396 e. The van der Waals surface area contributed by atoms with Crippen molar-refractivity contribution in [3.63, 3.8) is 0 Å². The van der Waals surface area contributed by atoms with Crippen LogP contribution in [0.1, 0.15) is 16.7 Å². The van der Waals surface area contributed by atoms with Crippen molar-refractivity contribution >= 4 is 92.3 Å². The number of hydrogen-bond donors (Lipinski definition) is 7. The summed E-state index contributed by atoms with van der Waals surface area (Å²) >= 11 is 0. The van der Waals surface area contributed by atoms with Crippen molar-refractivity contribution < 1.29 is 20.2 Å². The number of pyridine rings is 2. The number of aliphatic hydroxyl groups is 3. The number of nitro groups is 1. The van der Waals surface area contributed by atoms with Gasteiger partial charge in [0.1, 0.15) is 24.6 Å². The van der Waals surface area contributed by atoms with E-state index in [0.717, 1.165) is 105 Å². The van der Waals surface area contributed by atoms with Crippen molar-refractivity contribution in [1.82, 2.24) is 49.7 Å². The molecule has 0 amide bonds. The summed E-state index contributed by atoms with van der Waals surface area (Å²) in [6.07, 6.45) is 9.06. The number of imidazole rings is 2. The van der Waals surface area contributed by atoms with E-state index in [1.807, 2.05) is 103 Å². The molecule has 13 rings (SSSR count). The largest absolute Gasteiger partial charge is 0.396 e. The van der Waals surface area contributed by atoms with Crippen molar-refractivity contribution in [1.29, 1.82) is 0 Å². The third-order valence-corrected chi connectivity index (χ3v) is 14.5. The maximum atomic E-state index is 10.4. The Labute approximate surface area is 448 Å². The highest BCUT2D eigenvalue weighted by molar-refractivity contribution is 7.80. The summed E-state index contributed by atoms with van der Waals surface area (Å²) < 4.78 is 1.90. The Morgan fingerprint density at radius 3 is 1.71 bits per heavy atom. The lowest BCUT2D eigenvalue weighted by molar-refractivity contribution is -0.383. The lowest BCUT2D eigenvalue weighted by Gasteiger charge is -2.09. The van der Waals surface area contributed by atoms with Gasteiger partial charge in [0, 0.05) is 83.3 Å². The highest BCUT2D eigenvalue weighted by Crippen LogP contribution is 2.40. The zero-order valence-corrected chi connectivity index (χ0v) is 43.1. The molecule has 2 radical (unpaired) electrons. The molecule has 7 aromatic carbocycles. The van der Waals surface area contributed by atoms with Crippen molar-refractivity contribution in [3.05, 3.63) is 191 Å². The number of rotatable bonds is 12. The molecule has 78 heavy (non-hydrogen) atoms. The molecule has 6 aromatic heterocycles. The summed E-state index contributed by atoms with van der Waals surface area (Å²) in [7, 11) is 5.36. The van der Waals surface area contributed by atoms with Gasteiger partial charge in [-0.05, 0) is 109 Å². The molecule has 0 saturated heterocycles. The lowest BCUT2D eigenvalue weighted by Crippen LogP contribution is -2.01. The molecule has 13 aromatic rings. The zero-order chi connectivity index (χ0) is 53.9. The van der Waals surface area contributed by atoms with Gasteiger partial charge in [-0.3, -0.25) is 29.6 Å². The summed E-state index contributed by atoms with van der Waals surface area (Å²) in [5, 5.41) is 57.0. The summed E-state index contributed by atoms with van der Waals surface area (Å²) in [6.45, 7) is 2.08. The van der Waals surface area contributed by atoms with Crippen LogP contribution in [0.25, 0.3) is 111 Å². The Kier molecular flexibility index (Phi) is 14.5. The Morgan fingerprint density at radius 1 is 0.603 bits per heavy atom. The van der Waals surface area contributed by atoms with Gasteiger partial charge in [-0.1, -0.05) is 97.1 Å². The van der Waals surface area contributed by atoms with E-state index in [9.17, 15) is 20.3 Å². The smallest absolute Gasteiger partial charge is 0.292 e. The first kappa shape index (κ1) is 50.9. The van der Waals surface area contributed by atoms with E-state index in [1.165, 1.54) is 11.5 Å². The maximum Gasteiger partial charge on any atom is 0.292 e. The molecule has 1 unspecified atom stereocenters. The molecule has 0 aliphatic carbocycles. The third kappa shape index (κ3) is 9.92. The Balaban J connectivity index is 0.000000136. The normalized spacial score (nSPS) is 11.8. The Hall–Kier alpha value is -9.19. The van der Waals surface area contributed by atoms with Crippen LogP contribution < -0.4 is 5.73 Å². The quantitative estimate of drug-likeness (QED) is 0.0198. The van der Waals surface area contributed by atoms with Crippen LogP contribution in [0.5, 0.6) is 0 Å². The molecule has 0 spiro atoms. The number of aromatic amines is 3. The van der Waals surface area contributed by atoms with Gasteiger partial charge in [0.15, 0.2) is 11.6 Å². The topological polar surface area (TPSA) is 259 Å². The molecule has 8 N–H and O–H groups in total. The van der Waals surface area contributed by atoms with Crippen molar-refractivity contribution in [3.8, 4) is 45.3 Å². The number of anilines is 1. The van der Waals surface area contributed by atoms with E-state index < -0.39 is 12.9 Å². The minimum atomic E-state index is -0.974. The second kappa shape index (κ2) is 22.2. The van der Waals surface area contributed by atoms with E-state index in [4.69, 9.17) is 33.5 Å². The molecule has 0 saturated carbocycles. The first-order valence-electron chi connectivity index (χ1n) is 25.1. The summed E-state index contributed by atoms with van der Waals surface area (Å²) in [5.74, 6) is 1.40. The number of nitrogens with zero attached hydrogens (tertiary/aromatic N) is 8. The number of nitrogen functional groups attached to an aromatic ring is 1. The van der Waals surface area contributed by atoms with Crippen molar-refractivity contribution in [2.24, 2.45) is 0 Å². The first-order chi connectivity index (χ1) is 38.1. The van der Waals surface area contributed by atoms with E-state index in [2.05, 4.69) is 84.7 Å². The standard InChI is InChI=1S/C26H21BN5OP.C25H19N5O.C8H10N2O3/c1-34(27)32-23-10-9-17(21-15-28-14-18-5-2-3-7-19(18)21)13-20(23)25(31-32)26-29-22-8-4-6-16(11-12-33)24(22)30-26;31-11-10-15-5-3-7-22-23(15)28-25(27-22)24-19-12-16(8-9-21(19)29-30-24)20-14-26-13-17-4-1-2-6-18(17)20;9-8-6(4-5-11)2-1-3-7(8)10(12)13/h2-10,13-15,33H,11-12H2,1H3,(H,29,30);1-9,12-14,31H,10-11H2,(H,27,28)(H,29,30);1-3,11H,4-5,9H2. The summed E-state index contributed by atoms with van der Waals surface area (Å²) in [4.78, 5) is 35.3. The molecule has 1 atom stereocenters. The van der Waals surface area contributed by atoms with Crippen LogP contribution in [0.15, 0.2) is 164 Å². The van der Waals surface area contributed by atoms with Gasteiger partial charge < -0.3 is 31.0 Å². The van der Waals surface area contributed by atoms with Crippen LogP contribution in [0.3, 0.4) is 0 Å². The fourth-order valence-electron chi connectivity index (χ4n) is 9.89. The lowest BCUT2D eigenvalue weighted by atomic mass is 9.99. The Bertz CT molecular complexity index is 4330. The average Bonchev–Trinajstić information content (AvgIpc) is 4.37. The van der Waals surface area contributed by atoms with Gasteiger partial charge in [0.25, 0.3) is 5.69 Å². The monoisotopic (exact) mass is 1050 g/mol. The number of para-hydroxylation sites is 3. The van der Waals surface area contributed by atoms with Gasteiger partial charge in [0.05, 0.1) is 38.0 Å².